The molecule has 2 heterocycles. The smallest absolute Gasteiger partial charge is 0.326 e. The van der Waals surface area contributed by atoms with E-state index in [1.165, 1.54) is 9.80 Å². The van der Waals surface area contributed by atoms with E-state index in [0.717, 1.165) is 12.0 Å². The number of hydrogen-bond acceptors (Lipinski definition) is 4. The van der Waals surface area contributed by atoms with Crippen LogP contribution in [0.2, 0.25) is 0 Å². The largest absolute Gasteiger partial charge is 0.480 e. The maximum atomic E-state index is 12.9. The van der Waals surface area contributed by atoms with Gasteiger partial charge in [-0.25, -0.2) is 4.79 Å². The van der Waals surface area contributed by atoms with Crippen molar-refractivity contribution in [3.05, 3.63) is 59.7 Å². The fourth-order valence-electron chi connectivity index (χ4n) is 4.75. The SMILES string of the molecule is CC12CC(C(=O)O)N(C(=O)CN3Cc4ccc(Oc5ccccc5)cc4C3=O)C1C2. The van der Waals surface area contributed by atoms with Crippen molar-refractivity contribution in [3.63, 3.8) is 0 Å². The van der Waals surface area contributed by atoms with Crippen LogP contribution in [0.3, 0.4) is 0 Å². The molecule has 7 heteroatoms. The predicted octanol–water partition coefficient (Wildman–Crippen LogP) is 2.90. The van der Waals surface area contributed by atoms with E-state index < -0.39 is 12.0 Å². The van der Waals surface area contributed by atoms with Crippen LogP contribution in [0.5, 0.6) is 11.5 Å². The molecule has 0 bridgehead atoms. The summed E-state index contributed by atoms with van der Waals surface area (Å²) in [6.45, 7) is 2.24. The molecule has 2 aliphatic heterocycles. The van der Waals surface area contributed by atoms with Gasteiger partial charge in [-0.1, -0.05) is 31.2 Å². The number of likely N-dealkylation sites (tertiary alicyclic amines) is 1. The Morgan fingerprint density at radius 2 is 1.90 bits per heavy atom. The van der Waals surface area contributed by atoms with Crippen LogP contribution in [0.1, 0.15) is 35.7 Å². The number of nitrogens with zero attached hydrogens (tertiary/aromatic N) is 2. The first kappa shape index (κ1) is 18.7. The summed E-state index contributed by atoms with van der Waals surface area (Å²) in [5.74, 6) is -0.274. The second kappa shape index (κ2) is 6.58. The van der Waals surface area contributed by atoms with Gasteiger partial charge < -0.3 is 19.6 Å². The van der Waals surface area contributed by atoms with Crippen molar-refractivity contribution in [2.45, 2.75) is 38.4 Å². The highest BCUT2D eigenvalue weighted by atomic mass is 16.5. The van der Waals surface area contributed by atoms with Gasteiger partial charge in [-0.3, -0.25) is 9.59 Å². The summed E-state index contributed by atoms with van der Waals surface area (Å²) in [7, 11) is 0. The standard InChI is InChI=1S/C23H22N2O5/c1-23-10-18(22(28)29)25(19(23)11-23)20(26)13-24-12-14-7-8-16(9-17(14)21(24)27)30-15-5-3-2-4-6-15/h2-9,18-19H,10-13H2,1H3,(H,28,29). The average molecular weight is 406 g/mol. The summed E-state index contributed by atoms with van der Waals surface area (Å²) in [4.78, 5) is 40.4. The molecule has 3 aliphatic rings. The highest BCUT2D eigenvalue weighted by Crippen LogP contribution is 2.59. The second-order valence-corrected chi connectivity index (χ2v) is 8.63. The first-order valence-electron chi connectivity index (χ1n) is 10.0. The van der Waals surface area contributed by atoms with Gasteiger partial charge in [0.25, 0.3) is 5.91 Å². The Bertz CT molecular complexity index is 1050. The summed E-state index contributed by atoms with van der Waals surface area (Å²) < 4.78 is 5.81. The van der Waals surface area contributed by atoms with E-state index in [-0.39, 0.29) is 29.8 Å². The molecule has 7 nitrogen and oxygen atoms in total. The Labute approximate surface area is 173 Å². The molecule has 2 amide bonds. The molecular formula is C23H22N2O5. The van der Waals surface area contributed by atoms with Crippen LogP contribution in [0.25, 0.3) is 0 Å². The van der Waals surface area contributed by atoms with E-state index in [0.29, 0.717) is 30.0 Å². The molecule has 1 N–H and O–H groups in total. The number of hydrogen-bond donors (Lipinski definition) is 1. The number of rotatable bonds is 5. The summed E-state index contributed by atoms with van der Waals surface area (Å²) >= 11 is 0. The zero-order chi connectivity index (χ0) is 21.0. The van der Waals surface area contributed by atoms with Gasteiger partial charge in [0.2, 0.25) is 5.91 Å². The third kappa shape index (κ3) is 3.01. The lowest BCUT2D eigenvalue weighted by molar-refractivity contribution is -0.149. The first-order chi connectivity index (χ1) is 14.4. The predicted molar refractivity (Wildman–Crippen MR) is 107 cm³/mol. The lowest BCUT2D eigenvalue weighted by Crippen LogP contribution is -2.47. The monoisotopic (exact) mass is 406 g/mol. The summed E-state index contributed by atoms with van der Waals surface area (Å²) in [6, 6.07) is 13.8. The summed E-state index contributed by atoms with van der Waals surface area (Å²) in [6.07, 6.45) is 1.31. The Morgan fingerprint density at radius 1 is 1.13 bits per heavy atom. The molecule has 0 aromatic heterocycles. The molecule has 154 valence electrons. The summed E-state index contributed by atoms with van der Waals surface area (Å²) in [5, 5.41) is 9.50. The fourth-order valence-corrected chi connectivity index (χ4v) is 4.75. The first-order valence-corrected chi connectivity index (χ1v) is 10.0. The highest BCUT2D eigenvalue weighted by Gasteiger charge is 2.64. The van der Waals surface area contributed by atoms with Gasteiger partial charge in [-0.15, -0.1) is 0 Å². The Kier molecular flexibility index (Phi) is 4.10. The van der Waals surface area contributed by atoms with Gasteiger partial charge in [0.05, 0.1) is 0 Å². The highest BCUT2D eigenvalue weighted by molar-refractivity contribution is 6.01. The summed E-state index contributed by atoms with van der Waals surface area (Å²) in [5.41, 5.74) is 1.25. The molecule has 2 aromatic rings. The molecule has 0 spiro atoms. The van der Waals surface area contributed by atoms with Gasteiger partial charge in [0.1, 0.15) is 24.1 Å². The number of carbonyl (C=O) groups excluding carboxylic acids is 2. The van der Waals surface area contributed by atoms with E-state index in [2.05, 4.69) is 0 Å². The number of aliphatic carboxylic acids is 1. The Morgan fingerprint density at radius 3 is 2.63 bits per heavy atom. The molecule has 2 fully saturated rings. The third-order valence-electron chi connectivity index (χ3n) is 6.47. The average Bonchev–Trinajstić information content (AvgIpc) is 3.14. The Balaban J connectivity index is 1.30. The van der Waals surface area contributed by atoms with Crippen molar-refractivity contribution in [2.75, 3.05) is 6.54 Å². The van der Waals surface area contributed by atoms with Gasteiger partial charge >= 0.3 is 5.97 Å². The molecular weight excluding hydrogens is 384 g/mol. The molecule has 1 saturated carbocycles. The minimum Gasteiger partial charge on any atom is -0.480 e. The van der Waals surface area contributed by atoms with Gasteiger partial charge in [0, 0.05) is 18.2 Å². The fraction of sp³-hybridized carbons (Fsp3) is 0.348. The molecule has 30 heavy (non-hydrogen) atoms. The molecule has 1 saturated heterocycles. The second-order valence-electron chi connectivity index (χ2n) is 8.63. The van der Waals surface area contributed by atoms with Crippen LogP contribution in [-0.2, 0) is 16.1 Å². The van der Waals surface area contributed by atoms with Crippen molar-refractivity contribution >= 4 is 17.8 Å². The van der Waals surface area contributed by atoms with Crippen molar-refractivity contribution in [2.24, 2.45) is 5.41 Å². The maximum absolute atomic E-state index is 12.9. The van der Waals surface area contributed by atoms with E-state index in [1.54, 1.807) is 12.1 Å². The number of amides is 2. The van der Waals surface area contributed by atoms with Crippen LogP contribution in [0, 0.1) is 5.41 Å². The van der Waals surface area contributed by atoms with Crippen molar-refractivity contribution in [1.82, 2.24) is 9.80 Å². The minimum atomic E-state index is -0.976. The lowest BCUT2D eigenvalue weighted by Gasteiger charge is -2.26. The zero-order valence-electron chi connectivity index (χ0n) is 16.6. The molecule has 0 radical (unpaired) electrons. The zero-order valence-corrected chi connectivity index (χ0v) is 16.6. The number of para-hydroxylation sites is 1. The van der Waals surface area contributed by atoms with Gasteiger partial charge in [0.15, 0.2) is 0 Å². The molecule has 2 aromatic carbocycles. The van der Waals surface area contributed by atoms with Crippen LogP contribution in [0.15, 0.2) is 48.5 Å². The van der Waals surface area contributed by atoms with Gasteiger partial charge in [-0.05, 0) is 48.1 Å². The molecule has 5 rings (SSSR count). The topological polar surface area (TPSA) is 87.2 Å². The lowest BCUT2D eigenvalue weighted by atomic mass is 10.0. The van der Waals surface area contributed by atoms with Crippen molar-refractivity contribution in [1.29, 1.82) is 0 Å². The maximum Gasteiger partial charge on any atom is 0.326 e. The normalized spacial score (nSPS) is 26.4. The number of piperidine rings is 1. The van der Waals surface area contributed by atoms with Crippen LogP contribution in [-0.4, -0.2) is 51.3 Å². The number of ether oxygens (including phenoxy) is 1. The minimum absolute atomic E-state index is 0.0305. The number of fused-ring (bicyclic) bond motifs is 2. The number of carboxylic acid groups (broad SMARTS) is 1. The van der Waals surface area contributed by atoms with Crippen molar-refractivity contribution in [3.8, 4) is 11.5 Å². The van der Waals surface area contributed by atoms with Crippen LogP contribution in [0.4, 0.5) is 0 Å². The molecule has 3 unspecified atom stereocenters. The van der Waals surface area contributed by atoms with E-state index in [4.69, 9.17) is 4.74 Å². The van der Waals surface area contributed by atoms with Crippen LogP contribution >= 0.6 is 0 Å². The van der Waals surface area contributed by atoms with Crippen LogP contribution < -0.4 is 4.74 Å². The van der Waals surface area contributed by atoms with Crippen molar-refractivity contribution < 1.29 is 24.2 Å². The molecule has 3 atom stereocenters. The van der Waals surface area contributed by atoms with E-state index >= 15 is 0 Å². The third-order valence-corrected chi connectivity index (χ3v) is 6.47. The van der Waals surface area contributed by atoms with Gasteiger partial charge in [-0.2, -0.15) is 0 Å². The Hall–Kier alpha value is -3.35. The number of carbonyl (C=O) groups is 3. The quantitative estimate of drug-likeness (QED) is 0.825. The van der Waals surface area contributed by atoms with E-state index in [1.807, 2.05) is 43.3 Å². The van der Waals surface area contributed by atoms with E-state index in [9.17, 15) is 19.5 Å². The number of carboxylic acids is 1. The molecule has 1 aliphatic carbocycles. The number of benzene rings is 2.